The third-order valence-electron chi connectivity index (χ3n) is 9.21. The van der Waals surface area contributed by atoms with Crippen LogP contribution in [0.2, 0.25) is 0 Å². The Morgan fingerprint density at radius 3 is 1.71 bits per heavy atom. The average Bonchev–Trinajstić information content (AvgIpc) is 3.51. The van der Waals surface area contributed by atoms with Crippen molar-refractivity contribution in [3.63, 3.8) is 0 Å². The topological polar surface area (TPSA) is 140 Å². The highest BCUT2D eigenvalue weighted by Crippen LogP contribution is 2.37. The maximum atomic E-state index is 14.2. The molecule has 52 heavy (non-hydrogen) atoms. The zero-order chi connectivity index (χ0) is 38.3. The number of rotatable bonds is 13. The van der Waals surface area contributed by atoms with Crippen LogP contribution in [0.5, 0.6) is 0 Å². The number of carbonyl (C=O) groups excluding carboxylic acids is 4. The van der Waals surface area contributed by atoms with E-state index in [1.807, 2.05) is 126 Å². The van der Waals surface area contributed by atoms with E-state index in [9.17, 15) is 19.2 Å². The van der Waals surface area contributed by atoms with E-state index in [1.54, 1.807) is 20.8 Å². The van der Waals surface area contributed by atoms with E-state index in [0.717, 1.165) is 16.7 Å². The van der Waals surface area contributed by atoms with E-state index in [-0.39, 0.29) is 25.3 Å². The Balaban J connectivity index is 1.61. The molecule has 3 aromatic rings. The summed E-state index contributed by atoms with van der Waals surface area (Å²) in [6.07, 6.45) is 0.0139. The normalized spacial score (nSPS) is 18.2. The first-order chi connectivity index (χ1) is 24.4. The molecule has 4 rings (SSSR count). The first-order valence-corrected chi connectivity index (χ1v) is 18.2. The van der Waals surface area contributed by atoms with Crippen LogP contribution in [0.15, 0.2) is 91.0 Å². The molecule has 1 aliphatic heterocycles. The number of nitrogens with one attached hydrogen (secondary N) is 2. The van der Waals surface area contributed by atoms with Gasteiger partial charge in [-0.3, -0.25) is 14.4 Å². The van der Waals surface area contributed by atoms with Crippen LogP contribution in [-0.2, 0) is 34.2 Å². The Bertz CT molecular complexity index is 1560. The summed E-state index contributed by atoms with van der Waals surface area (Å²) in [5, 5.41) is 6.14. The van der Waals surface area contributed by atoms with E-state index < -0.39 is 64.7 Å². The molecule has 1 fully saturated rings. The summed E-state index contributed by atoms with van der Waals surface area (Å²) in [6.45, 7) is 14.9. The molecule has 3 aromatic carbocycles. The lowest BCUT2D eigenvalue weighted by molar-refractivity contribution is -0.160. The molecule has 0 radical (unpaired) electrons. The number of benzene rings is 3. The van der Waals surface area contributed by atoms with Gasteiger partial charge in [0.2, 0.25) is 17.7 Å². The Hall–Kier alpha value is -4.54. The number of carbonyl (C=O) groups is 4. The Kier molecular flexibility index (Phi) is 13.0. The van der Waals surface area contributed by atoms with Crippen molar-refractivity contribution >= 4 is 23.7 Å². The van der Waals surface area contributed by atoms with E-state index in [2.05, 4.69) is 10.6 Å². The van der Waals surface area contributed by atoms with Gasteiger partial charge in [-0.25, -0.2) is 4.79 Å². The molecule has 1 aliphatic rings. The number of nitrogens with two attached hydrogens (primary N) is 1. The summed E-state index contributed by atoms with van der Waals surface area (Å²) in [4.78, 5) is 56.9. The van der Waals surface area contributed by atoms with Gasteiger partial charge in [0.25, 0.3) is 0 Å². The lowest BCUT2D eigenvalue weighted by Crippen LogP contribution is -2.56. The third kappa shape index (κ3) is 10.1. The van der Waals surface area contributed by atoms with E-state index >= 15 is 0 Å². The second-order valence-electron chi connectivity index (χ2n) is 15.7. The summed E-state index contributed by atoms with van der Waals surface area (Å²) in [5.41, 5.74) is 6.68. The average molecular weight is 713 g/mol. The standard InChI is InChI=1S/C42H56N4O6/c1-9-28(2)36(39(50)52-41(6,7)8)44-37(48)34-25-32(51-40(3,4)5)27-46(34)38(49)33(43)26-35(47)45-42(29-19-13-10-14-20-29,30-21-15-11-16-22-30)31-23-17-12-18-24-31/h10-24,28,32-34,36H,9,25-27,43H2,1-8H3,(H,44,48)(H,45,47)/t28-,32+,33-,34-,36-/m0/s1. The fraction of sp³-hybridized carbons (Fsp3) is 0.476. The quantitative estimate of drug-likeness (QED) is 0.158. The third-order valence-corrected chi connectivity index (χ3v) is 9.21. The predicted octanol–water partition coefficient (Wildman–Crippen LogP) is 5.47. The number of hydrogen-bond acceptors (Lipinski definition) is 7. The van der Waals surface area contributed by atoms with Crippen LogP contribution in [0, 0.1) is 5.92 Å². The maximum Gasteiger partial charge on any atom is 0.329 e. The lowest BCUT2D eigenvalue weighted by atomic mass is 9.77. The van der Waals surface area contributed by atoms with Crippen LogP contribution >= 0.6 is 0 Å². The second kappa shape index (κ2) is 16.9. The number of esters is 1. The van der Waals surface area contributed by atoms with Crippen molar-refractivity contribution in [1.82, 2.24) is 15.5 Å². The fourth-order valence-electron chi connectivity index (χ4n) is 6.70. The molecular formula is C42H56N4O6. The number of ether oxygens (including phenoxy) is 2. The summed E-state index contributed by atoms with van der Waals surface area (Å²) in [7, 11) is 0. The molecule has 0 aromatic heterocycles. The van der Waals surface area contributed by atoms with Crippen molar-refractivity contribution < 1.29 is 28.7 Å². The fourth-order valence-corrected chi connectivity index (χ4v) is 6.70. The smallest absolute Gasteiger partial charge is 0.329 e. The minimum absolute atomic E-state index is 0.103. The second-order valence-corrected chi connectivity index (χ2v) is 15.7. The maximum absolute atomic E-state index is 14.2. The molecule has 0 aliphatic carbocycles. The zero-order valence-corrected chi connectivity index (χ0v) is 31.8. The van der Waals surface area contributed by atoms with Crippen molar-refractivity contribution in [2.45, 2.75) is 116 Å². The van der Waals surface area contributed by atoms with Crippen molar-refractivity contribution in [2.75, 3.05) is 6.54 Å². The number of nitrogens with zero attached hydrogens (tertiary/aromatic N) is 1. The van der Waals surface area contributed by atoms with Gasteiger partial charge >= 0.3 is 5.97 Å². The molecule has 10 nitrogen and oxygen atoms in total. The molecule has 5 atom stereocenters. The van der Waals surface area contributed by atoms with Crippen molar-refractivity contribution in [2.24, 2.45) is 11.7 Å². The molecule has 0 bridgehead atoms. The summed E-state index contributed by atoms with van der Waals surface area (Å²) < 4.78 is 11.9. The molecule has 0 saturated carbocycles. The lowest BCUT2D eigenvalue weighted by Gasteiger charge is -2.37. The van der Waals surface area contributed by atoms with Gasteiger partial charge in [0.15, 0.2) is 0 Å². The summed E-state index contributed by atoms with van der Waals surface area (Å²) >= 11 is 0. The van der Waals surface area contributed by atoms with E-state index in [0.29, 0.717) is 6.42 Å². The number of amides is 3. The molecule has 1 saturated heterocycles. The SMILES string of the molecule is CC[C@H](C)[C@H](NC(=O)[C@@H]1C[C@@H](OC(C)(C)C)CN1C(=O)[C@@H](N)CC(=O)NC(c1ccccc1)(c1ccccc1)c1ccccc1)C(=O)OC(C)(C)C. The van der Waals surface area contributed by atoms with Gasteiger partial charge in [0.05, 0.1) is 24.2 Å². The summed E-state index contributed by atoms with van der Waals surface area (Å²) in [6, 6.07) is 25.8. The molecule has 3 amide bonds. The molecular weight excluding hydrogens is 656 g/mol. The highest BCUT2D eigenvalue weighted by Gasteiger charge is 2.45. The van der Waals surface area contributed by atoms with Crippen LogP contribution in [0.25, 0.3) is 0 Å². The van der Waals surface area contributed by atoms with Gasteiger partial charge in [-0.2, -0.15) is 0 Å². The van der Waals surface area contributed by atoms with Crippen LogP contribution in [0.3, 0.4) is 0 Å². The monoisotopic (exact) mass is 712 g/mol. The van der Waals surface area contributed by atoms with Gasteiger partial charge in [0, 0.05) is 13.0 Å². The van der Waals surface area contributed by atoms with Crippen LogP contribution in [-0.4, -0.2) is 70.6 Å². The number of hydrogen-bond donors (Lipinski definition) is 3. The Labute approximate surface area is 308 Å². The van der Waals surface area contributed by atoms with Crippen LogP contribution in [0.1, 0.15) is 91.3 Å². The Morgan fingerprint density at radius 2 is 1.29 bits per heavy atom. The van der Waals surface area contributed by atoms with E-state index in [1.165, 1.54) is 4.90 Å². The van der Waals surface area contributed by atoms with Gasteiger partial charge in [-0.1, -0.05) is 111 Å². The largest absolute Gasteiger partial charge is 0.458 e. The van der Waals surface area contributed by atoms with Crippen molar-refractivity contribution in [3.05, 3.63) is 108 Å². The first-order valence-electron chi connectivity index (χ1n) is 18.2. The van der Waals surface area contributed by atoms with Crippen LogP contribution in [0.4, 0.5) is 0 Å². The predicted molar refractivity (Wildman–Crippen MR) is 202 cm³/mol. The van der Waals surface area contributed by atoms with Gasteiger partial charge in [0.1, 0.15) is 23.2 Å². The minimum Gasteiger partial charge on any atom is -0.458 e. The summed E-state index contributed by atoms with van der Waals surface area (Å²) in [5.74, 6) is -2.27. The Morgan fingerprint density at radius 1 is 0.808 bits per heavy atom. The molecule has 0 spiro atoms. The van der Waals surface area contributed by atoms with Crippen molar-refractivity contribution in [1.29, 1.82) is 0 Å². The molecule has 10 heteroatoms. The molecule has 280 valence electrons. The first kappa shape index (κ1) is 40.2. The molecule has 4 N–H and O–H groups in total. The highest BCUT2D eigenvalue weighted by molar-refractivity contribution is 5.94. The zero-order valence-electron chi connectivity index (χ0n) is 31.8. The van der Waals surface area contributed by atoms with Gasteiger partial charge < -0.3 is 30.7 Å². The minimum atomic E-state index is -1.26. The highest BCUT2D eigenvalue weighted by atomic mass is 16.6. The van der Waals surface area contributed by atoms with Gasteiger partial charge in [-0.15, -0.1) is 0 Å². The van der Waals surface area contributed by atoms with Crippen molar-refractivity contribution in [3.8, 4) is 0 Å². The van der Waals surface area contributed by atoms with Gasteiger partial charge in [-0.05, 0) is 64.2 Å². The number of likely N-dealkylation sites (tertiary alicyclic amines) is 1. The van der Waals surface area contributed by atoms with E-state index in [4.69, 9.17) is 15.2 Å². The molecule has 1 heterocycles. The molecule has 0 unspecified atom stereocenters. The van der Waals surface area contributed by atoms with Crippen LogP contribution < -0.4 is 16.4 Å².